The van der Waals surface area contributed by atoms with Gasteiger partial charge in [-0.15, -0.1) is 0 Å². The molecule has 2 atom stereocenters. The van der Waals surface area contributed by atoms with Crippen LogP contribution in [0, 0.1) is 0 Å². The second-order valence-electron chi connectivity index (χ2n) is 8.86. The summed E-state index contributed by atoms with van der Waals surface area (Å²) in [5, 5.41) is 0.721. The first-order valence-electron chi connectivity index (χ1n) is 11.4. The van der Waals surface area contributed by atoms with Gasteiger partial charge in [-0.3, -0.25) is 0 Å². The van der Waals surface area contributed by atoms with Gasteiger partial charge >= 0.3 is 6.03 Å². The number of nitrogens with zero attached hydrogens (tertiary/aromatic N) is 4. The normalized spacial score (nSPS) is 27.4. The van der Waals surface area contributed by atoms with Crippen LogP contribution in [0.2, 0.25) is 5.02 Å². The van der Waals surface area contributed by atoms with Crippen molar-refractivity contribution in [3.05, 3.63) is 63.2 Å². The topological polar surface area (TPSA) is 39.3 Å². The summed E-state index contributed by atoms with van der Waals surface area (Å²) in [4.78, 5) is 25.0. The first-order valence-corrected chi connectivity index (χ1v) is 14.8. The zero-order valence-corrected chi connectivity index (χ0v) is 21.6. The van der Waals surface area contributed by atoms with Crippen LogP contribution in [0.4, 0.5) is 10.5 Å². The molecular formula is C24H26BrClN4O2S. The van der Waals surface area contributed by atoms with Crippen LogP contribution < -0.4 is 4.90 Å². The van der Waals surface area contributed by atoms with Crippen LogP contribution in [-0.2, 0) is 4.74 Å². The smallest absolute Gasteiger partial charge is 0.321 e. The zero-order chi connectivity index (χ0) is 22.7. The van der Waals surface area contributed by atoms with E-state index >= 15 is 0 Å². The van der Waals surface area contributed by atoms with E-state index in [1.54, 1.807) is 0 Å². The predicted octanol–water partition coefficient (Wildman–Crippen LogP) is 4.77. The van der Waals surface area contributed by atoms with Crippen molar-refractivity contribution in [2.45, 2.75) is 19.5 Å². The fourth-order valence-electron chi connectivity index (χ4n) is 5.39. The van der Waals surface area contributed by atoms with E-state index in [2.05, 4.69) is 54.8 Å². The Hall–Kier alpha value is -1.58. The van der Waals surface area contributed by atoms with E-state index in [9.17, 15) is 4.79 Å². The quantitative estimate of drug-likeness (QED) is 0.473. The summed E-state index contributed by atoms with van der Waals surface area (Å²) in [6, 6.07) is 8.09. The van der Waals surface area contributed by atoms with E-state index in [-0.39, 0.29) is 21.1 Å². The highest BCUT2D eigenvalue weighted by atomic mass is 79.9. The highest BCUT2D eigenvalue weighted by molar-refractivity contribution is 9.53. The molecule has 0 bridgehead atoms. The highest BCUT2D eigenvalue weighted by Crippen LogP contribution is 2.55. The van der Waals surface area contributed by atoms with Crippen molar-refractivity contribution in [2.24, 2.45) is 0 Å². The van der Waals surface area contributed by atoms with Crippen LogP contribution in [-0.4, -0.2) is 77.8 Å². The summed E-state index contributed by atoms with van der Waals surface area (Å²) >= 11 is 10.7. The van der Waals surface area contributed by atoms with Crippen molar-refractivity contribution in [3.63, 3.8) is 0 Å². The van der Waals surface area contributed by atoms with E-state index in [0.29, 0.717) is 32.8 Å². The molecule has 2 amide bonds. The number of para-hydroxylation sites is 1. The molecule has 0 radical (unpaired) electrons. The van der Waals surface area contributed by atoms with Crippen molar-refractivity contribution < 1.29 is 9.53 Å². The summed E-state index contributed by atoms with van der Waals surface area (Å²) in [7, 11) is -0.189. The molecule has 0 N–H and O–H groups in total. The van der Waals surface area contributed by atoms with Gasteiger partial charge in [0.15, 0.2) is 0 Å². The van der Waals surface area contributed by atoms with Gasteiger partial charge in [-0.1, -0.05) is 38.7 Å². The molecule has 5 aliphatic rings. The molecule has 9 heteroatoms. The minimum Gasteiger partial charge on any atom is -0.378 e. The fourth-order valence-corrected chi connectivity index (χ4v) is 9.82. The Balaban J connectivity index is 1.43. The van der Waals surface area contributed by atoms with E-state index in [1.165, 1.54) is 26.6 Å². The number of allylic oxidation sites excluding steroid dienone is 2. The SMILES string of the molecule is CC1=CCC2=C1S(Br)=C1C2=CN(c2ccccc2Cl)CC2N(C(=O)N3CCOCC3)CCN12. The molecule has 1 aromatic rings. The lowest BCUT2D eigenvalue weighted by Crippen LogP contribution is -2.54. The van der Waals surface area contributed by atoms with Crippen LogP contribution in [0.15, 0.2) is 58.2 Å². The molecule has 4 aliphatic heterocycles. The Labute approximate surface area is 209 Å². The van der Waals surface area contributed by atoms with Gasteiger partial charge in [0.1, 0.15) is 6.17 Å². The van der Waals surface area contributed by atoms with Gasteiger partial charge in [-0.05, 0) is 51.4 Å². The van der Waals surface area contributed by atoms with E-state index in [0.717, 1.165) is 30.2 Å². The Kier molecular flexibility index (Phi) is 5.69. The average Bonchev–Trinajstić information content (AvgIpc) is 3.45. The van der Waals surface area contributed by atoms with Crippen molar-refractivity contribution in [1.29, 1.82) is 0 Å². The summed E-state index contributed by atoms with van der Waals surface area (Å²) in [5.74, 6) is 0. The summed E-state index contributed by atoms with van der Waals surface area (Å²) in [5.41, 5.74) is 5.01. The Morgan fingerprint density at radius 2 is 1.97 bits per heavy atom. The minimum absolute atomic E-state index is 0.0581. The van der Waals surface area contributed by atoms with Crippen LogP contribution >= 0.6 is 35.3 Å². The lowest BCUT2D eigenvalue weighted by atomic mass is 10.1. The molecule has 2 unspecified atom stereocenters. The number of carbonyl (C=O) groups excluding carboxylic acids is 1. The number of hydrogen-bond donors (Lipinski definition) is 0. The van der Waals surface area contributed by atoms with Gasteiger partial charge in [0, 0.05) is 42.9 Å². The molecule has 0 saturated carbocycles. The third kappa shape index (κ3) is 3.53. The van der Waals surface area contributed by atoms with Gasteiger partial charge in [0.25, 0.3) is 0 Å². The van der Waals surface area contributed by atoms with E-state index < -0.39 is 0 Å². The molecule has 174 valence electrons. The standard InChI is InChI=1S/C24H26BrClN4O2S/c1-16-6-7-17-18-14-28(20-5-3-2-4-19(20)26)15-21-29(23(18)33(25)22(16)17)8-9-30(21)24(31)27-10-12-32-13-11-27/h2-6,14,21H,7-13,15H2,1H3. The Morgan fingerprint density at radius 3 is 2.76 bits per heavy atom. The van der Waals surface area contributed by atoms with Gasteiger partial charge < -0.3 is 19.4 Å². The molecule has 0 aromatic heterocycles. The van der Waals surface area contributed by atoms with Crippen molar-refractivity contribution in [1.82, 2.24) is 14.7 Å². The minimum atomic E-state index is -0.189. The zero-order valence-electron chi connectivity index (χ0n) is 18.5. The number of morpholine rings is 1. The maximum absolute atomic E-state index is 13.6. The summed E-state index contributed by atoms with van der Waals surface area (Å²) in [6.45, 7) is 6.95. The molecule has 1 aliphatic carbocycles. The molecule has 33 heavy (non-hydrogen) atoms. The number of halogens is 2. The molecular weight excluding hydrogens is 524 g/mol. The van der Waals surface area contributed by atoms with E-state index in [4.69, 9.17) is 16.3 Å². The predicted molar refractivity (Wildman–Crippen MR) is 139 cm³/mol. The fraction of sp³-hybridized carbons (Fsp3) is 0.417. The Morgan fingerprint density at radius 1 is 1.18 bits per heavy atom. The average molecular weight is 550 g/mol. The molecule has 1 aromatic carbocycles. The van der Waals surface area contributed by atoms with Gasteiger partial charge in [0.2, 0.25) is 0 Å². The van der Waals surface area contributed by atoms with E-state index in [1.807, 2.05) is 23.1 Å². The van der Waals surface area contributed by atoms with Crippen LogP contribution in [0.1, 0.15) is 13.3 Å². The number of hydrogen-bond acceptors (Lipinski definition) is 4. The second-order valence-corrected chi connectivity index (χ2v) is 12.5. The number of amides is 2. The number of urea groups is 1. The number of fused-ring (bicyclic) bond motifs is 4. The van der Waals surface area contributed by atoms with Gasteiger partial charge in [0.05, 0.1) is 35.5 Å². The first-order chi connectivity index (χ1) is 16.0. The number of anilines is 1. The van der Waals surface area contributed by atoms with Crippen molar-refractivity contribution in [2.75, 3.05) is 50.8 Å². The highest BCUT2D eigenvalue weighted by Gasteiger charge is 2.46. The number of rotatable bonds is 1. The first kappa shape index (κ1) is 21.9. The molecule has 2 fully saturated rings. The maximum atomic E-state index is 13.6. The number of carbonyl (C=O) groups is 1. The van der Waals surface area contributed by atoms with Crippen molar-refractivity contribution in [3.8, 4) is 0 Å². The van der Waals surface area contributed by atoms with Crippen LogP contribution in [0.3, 0.4) is 0 Å². The number of ether oxygens (including phenoxy) is 1. The number of benzene rings is 1. The van der Waals surface area contributed by atoms with Gasteiger partial charge in [-0.25, -0.2) is 9.69 Å². The lowest BCUT2D eigenvalue weighted by molar-refractivity contribution is 0.0404. The molecule has 0 spiro atoms. The Bertz CT molecular complexity index is 1160. The monoisotopic (exact) mass is 548 g/mol. The van der Waals surface area contributed by atoms with Gasteiger partial charge in [-0.2, -0.15) is 0 Å². The largest absolute Gasteiger partial charge is 0.378 e. The molecule has 4 heterocycles. The third-order valence-electron chi connectivity index (χ3n) is 7.05. The van der Waals surface area contributed by atoms with Crippen molar-refractivity contribution >= 4 is 52.0 Å². The molecule has 2 saturated heterocycles. The van der Waals surface area contributed by atoms with Crippen LogP contribution in [0.25, 0.3) is 0 Å². The maximum Gasteiger partial charge on any atom is 0.321 e. The lowest BCUT2D eigenvalue weighted by Gasteiger charge is -2.36. The second kappa shape index (κ2) is 8.57. The summed E-state index contributed by atoms with van der Waals surface area (Å²) < 4.78 is 5.48. The third-order valence-corrected chi connectivity index (χ3v) is 11.0. The summed E-state index contributed by atoms with van der Waals surface area (Å²) in [6.07, 6.45) is 5.49. The molecule has 6 rings (SSSR count). The molecule has 6 nitrogen and oxygen atoms in total. The van der Waals surface area contributed by atoms with Crippen LogP contribution in [0.5, 0.6) is 0 Å².